The summed E-state index contributed by atoms with van der Waals surface area (Å²) in [7, 11) is 0. The Balaban J connectivity index is 2.38. The molecule has 0 fully saturated rings. The van der Waals surface area contributed by atoms with Gasteiger partial charge < -0.3 is 9.78 Å². The first-order chi connectivity index (χ1) is 6.81. The van der Waals surface area contributed by atoms with Gasteiger partial charge in [-0.05, 0) is 18.1 Å². The van der Waals surface area contributed by atoms with Crippen molar-refractivity contribution in [3.8, 4) is 0 Å². The molecule has 0 unspecified atom stereocenters. The Kier molecular flexibility index (Phi) is 2.35. The minimum atomic E-state index is 0.0919. The topological polar surface area (TPSA) is 32.9 Å². The van der Waals surface area contributed by atoms with Crippen LogP contribution in [-0.2, 0) is 11.2 Å². The van der Waals surface area contributed by atoms with E-state index in [4.69, 9.17) is 0 Å². The lowest BCUT2D eigenvalue weighted by Crippen LogP contribution is -1.99. The van der Waals surface area contributed by atoms with Crippen LogP contribution in [0.25, 0.3) is 10.9 Å². The van der Waals surface area contributed by atoms with Gasteiger partial charge in [0.05, 0.1) is 0 Å². The van der Waals surface area contributed by atoms with Crippen LogP contribution < -0.4 is 0 Å². The van der Waals surface area contributed by atoms with E-state index in [1.165, 1.54) is 10.9 Å². The number of aldehydes is 1. The van der Waals surface area contributed by atoms with E-state index in [1.807, 2.05) is 31.3 Å². The van der Waals surface area contributed by atoms with Gasteiger partial charge in [-0.25, -0.2) is 0 Å². The van der Waals surface area contributed by atoms with Crippen molar-refractivity contribution in [3.63, 3.8) is 0 Å². The van der Waals surface area contributed by atoms with E-state index in [1.54, 1.807) is 0 Å². The molecule has 0 amide bonds. The molecule has 1 heterocycles. The summed E-state index contributed by atoms with van der Waals surface area (Å²) >= 11 is 0. The van der Waals surface area contributed by atoms with Crippen LogP contribution in [-0.4, -0.2) is 11.3 Å². The van der Waals surface area contributed by atoms with Gasteiger partial charge in [0.1, 0.15) is 6.29 Å². The molecule has 2 heteroatoms. The molecule has 0 saturated heterocycles. The zero-order chi connectivity index (χ0) is 9.97. The summed E-state index contributed by atoms with van der Waals surface area (Å²) in [5.74, 6) is 0.0919. The van der Waals surface area contributed by atoms with Gasteiger partial charge in [-0.3, -0.25) is 0 Å². The molecule has 0 aliphatic heterocycles. The van der Waals surface area contributed by atoms with Gasteiger partial charge in [0, 0.05) is 23.0 Å². The number of aromatic nitrogens is 1. The first-order valence-corrected chi connectivity index (χ1v) is 4.81. The van der Waals surface area contributed by atoms with Gasteiger partial charge in [-0.15, -0.1) is 0 Å². The van der Waals surface area contributed by atoms with Crippen LogP contribution in [0, 0.1) is 5.92 Å². The van der Waals surface area contributed by atoms with Gasteiger partial charge >= 0.3 is 0 Å². The number of hydrogen-bond acceptors (Lipinski definition) is 1. The van der Waals surface area contributed by atoms with E-state index >= 15 is 0 Å². The van der Waals surface area contributed by atoms with Gasteiger partial charge in [0.25, 0.3) is 0 Å². The van der Waals surface area contributed by atoms with Crippen molar-refractivity contribution in [2.75, 3.05) is 0 Å². The molecular formula is C12H13NO. The molecule has 0 aliphatic carbocycles. The van der Waals surface area contributed by atoms with Crippen molar-refractivity contribution >= 4 is 17.2 Å². The molecule has 0 spiro atoms. The quantitative estimate of drug-likeness (QED) is 0.736. The van der Waals surface area contributed by atoms with E-state index < -0.39 is 0 Å². The summed E-state index contributed by atoms with van der Waals surface area (Å²) in [6.45, 7) is 1.94. The molecule has 0 saturated carbocycles. The molecule has 1 aromatic heterocycles. The first kappa shape index (κ1) is 9.00. The number of rotatable bonds is 3. The smallest absolute Gasteiger partial charge is 0.123 e. The minimum Gasteiger partial charge on any atom is -0.361 e. The maximum atomic E-state index is 10.6. The number of fused-ring (bicyclic) bond motifs is 1. The highest BCUT2D eigenvalue weighted by Crippen LogP contribution is 2.19. The van der Waals surface area contributed by atoms with E-state index in [2.05, 4.69) is 11.1 Å². The van der Waals surface area contributed by atoms with E-state index in [0.29, 0.717) is 0 Å². The Bertz CT molecular complexity index is 444. The standard InChI is InChI=1S/C12H13NO/c1-9(8-14)6-10-7-13-12-5-3-2-4-11(10)12/h2-5,7-9,13H,6H2,1H3/t9-/m0/s1. The summed E-state index contributed by atoms with van der Waals surface area (Å²) in [6, 6.07) is 8.15. The van der Waals surface area contributed by atoms with Crippen molar-refractivity contribution in [1.82, 2.24) is 4.98 Å². The van der Waals surface area contributed by atoms with Crippen LogP contribution in [0.15, 0.2) is 30.5 Å². The fourth-order valence-electron chi connectivity index (χ4n) is 1.70. The molecule has 1 aromatic carbocycles. The highest BCUT2D eigenvalue weighted by Gasteiger charge is 2.06. The zero-order valence-corrected chi connectivity index (χ0v) is 8.16. The van der Waals surface area contributed by atoms with Crippen LogP contribution in [0.1, 0.15) is 12.5 Å². The molecule has 1 N–H and O–H groups in total. The lowest BCUT2D eigenvalue weighted by molar-refractivity contribution is -0.110. The maximum absolute atomic E-state index is 10.6. The third kappa shape index (κ3) is 1.55. The SMILES string of the molecule is C[C@H](C=O)Cc1c[nH]c2ccccc12. The number of para-hydroxylation sites is 1. The van der Waals surface area contributed by atoms with Crippen LogP contribution >= 0.6 is 0 Å². The third-order valence-electron chi connectivity index (χ3n) is 2.45. The lowest BCUT2D eigenvalue weighted by atomic mass is 10.0. The molecule has 0 aliphatic rings. The van der Waals surface area contributed by atoms with Gasteiger partial charge in [0.2, 0.25) is 0 Å². The fraction of sp³-hybridized carbons (Fsp3) is 0.250. The van der Waals surface area contributed by atoms with E-state index in [-0.39, 0.29) is 5.92 Å². The number of aromatic amines is 1. The van der Waals surface area contributed by atoms with Crippen molar-refractivity contribution in [1.29, 1.82) is 0 Å². The van der Waals surface area contributed by atoms with Crippen molar-refractivity contribution < 1.29 is 4.79 Å². The molecule has 2 nitrogen and oxygen atoms in total. The van der Waals surface area contributed by atoms with Crippen LogP contribution in [0.3, 0.4) is 0 Å². The number of nitrogens with one attached hydrogen (secondary N) is 1. The molecule has 2 rings (SSSR count). The van der Waals surface area contributed by atoms with Crippen molar-refractivity contribution in [3.05, 3.63) is 36.0 Å². The predicted molar refractivity (Wildman–Crippen MR) is 57.2 cm³/mol. The molecule has 14 heavy (non-hydrogen) atoms. The fourth-order valence-corrected chi connectivity index (χ4v) is 1.70. The van der Waals surface area contributed by atoms with Crippen molar-refractivity contribution in [2.24, 2.45) is 5.92 Å². The van der Waals surface area contributed by atoms with Gasteiger partial charge in [0.15, 0.2) is 0 Å². The Morgan fingerprint density at radius 2 is 2.21 bits per heavy atom. The lowest BCUT2D eigenvalue weighted by Gasteiger charge is -2.00. The number of carbonyl (C=O) groups is 1. The molecular weight excluding hydrogens is 174 g/mol. The Morgan fingerprint density at radius 3 is 3.00 bits per heavy atom. The second-order valence-corrected chi connectivity index (χ2v) is 3.68. The van der Waals surface area contributed by atoms with Crippen LogP contribution in [0.4, 0.5) is 0 Å². The normalized spacial score (nSPS) is 12.9. The van der Waals surface area contributed by atoms with E-state index in [9.17, 15) is 4.79 Å². The molecule has 0 radical (unpaired) electrons. The highest BCUT2D eigenvalue weighted by atomic mass is 16.1. The summed E-state index contributed by atoms with van der Waals surface area (Å²) in [4.78, 5) is 13.8. The van der Waals surface area contributed by atoms with Gasteiger partial charge in [-0.2, -0.15) is 0 Å². The average Bonchev–Trinajstić information content (AvgIpc) is 2.62. The van der Waals surface area contributed by atoms with Crippen LogP contribution in [0.5, 0.6) is 0 Å². The summed E-state index contributed by atoms with van der Waals surface area (Å²) in [6.07, 6.45) is 3.81. The number of H-pyrrole nitrogens is 1. The molecule has 2 aromatic rings. The molecule has 1 atom stereocenters. The monoisotopic (exact) mass is 187 g/mol. The second kappa shape index (κ2) is 3.66. The Hall–Kier alpha value is -1.57. The number of hydrogen-bond donors (Lipinski definition) is 1. The minimum absolute atomic E-state index is 0.0919. The summed E-state index contributed by atoms with van der Waals surface area (Å²) in [5.41, 5.74) is 2.36. The largest absolute Gasteiger partial charge is 0.361 e. The maximum Gasteiger partial charge on any atom is 0.123 e. The Labute approximate surface area is 82.9 Å². The van der Waals surface area contributed by atoms with E-state index in [0.717, 1.165) is 18.2 Å². The predicted octanol–water partition coefficient (Wildman–Crippen LogP) is 2.55. The van der Waals surface area contributed by atoms with Crippen molar-refractivity contribution in [2.45, 2.75) is 13.3 Å². The molecule has 72 valence electrons. The third-order valence-corrected chi connectivity index (χ3v) is 2.45. The highest BCUT2D eigenvalue weighted by molar-refractivity contribution is 5.83. The van der Waals surface area contributed by atoms with Gasteiger partial charge in [-0.1, -0.05) is 25.1 Å². The van der Waals surface area contributed by atoms with Crippen LogP contribution in [0.2, 0.25) is 0 Å². The number of carbonyl (C=O) groups excluding carboxylic acids is 1. The average molecular weight is 187 g/mol. The summed E-state index contributed by atoms with van der Waals surface area (Å²) < 4.78 is 0. The Morgan fingerprint density at radius 1 is 1.43 bits per heavy atom. The second-order valence-electron chi connectivity index (χ2n) is 3.68. The molecule has 0 bridgehead atoms. The zero-order valence-electron chi connectivity index (χ0n) is 8.16. The summed E-state index contributed by atoms with van der Waals surface area (Å²) in [5, 5.41) is 1.22. The number of benzene rings is 1. The first-order valence-electron chi connectivity index (χ1n) is 4.81.